The molecule has 0 radical (unpaired) electrons. The molecular weight excluding hydrogens is 404 g/mol. The van der Waals surface area contributed by atoms with E-state index in [9.17, 15) is 4.79 Å². The van der Waals surface area contributed by atoms with Gasteiger partial charge in [-0.2, -0.15) is 4.80 Å². The molecule has 7 heteroatoms. The lowest BCUT2D eigenvalue weighted by Crippen LogP contribution is -2.20. The molecule has 164 valence electrons. The van der Waals surface area contributed by atoms with Crippen molar-refractivity contribution < 1.29 is 14.3 Å². The van der Waals surface area contributed by atoms with E-state index in [0.717, 1.165) is 28.9 Å². The number of carbonyl (C=O) groups excluding carboxylic acids is 1. The molecule has 1 heterocycles. The van der Waals surface area contributed by atoms with Crippen LogP contribution in [-0.4, -0.2) is 34.1 Å². The third-order valence-corrected chi connectivity index (χ3v) is 5.08. The van der Waals surface area contributed by atoms with Gasteiger partial charge in [-0.15, -0.1) is 10.2 Å². The molecule has 32 heavy (non-hydrogen) atoms. The zero-order chi connectivity index (χ0) is 22.5. The Labute approximate surface area is 187 Å². The molecule has 3 aromatic carbocycles. The smallest absolute Gasteiger partial charge is 0.262 e. The number of nitrogens with zero attached hydrogens (tertiary/aromatic N) is 3. The van der Waals surface area contributed by atoms with Crippen molar-refractivity contribution >= 4 is 22.6 Å². The molecule has 7 nitrogen and oxygen atoms in total. The van der Waals surface area contributed by atoms with Gasteiger partial charge in [-0.1, -0.05) is 19.1 Å². The van der Waals surface area contributed by atoms with Crippen molar-refractivity contribution in [3.8, 4) is 17.2 Å². The maximum Gasteiger partial charge on any atom is 0.262 e. The molecule has 0 unspecified atom stereocenters. The van der Waals surface area contributed by atoms with Crippen molar-refractivity contribution in [1.29, 1.82) is 0 Å². The summed E-state index contributed by atoms with van der Waals surface area (Å²) in [7, 11) is 0. The van der Waals surface area contributed by atoms with Crippen LogP contribution in [0.4, 0.5) is 5.69 Å². The van der Waals surface area contributed by atoms with E-state index < -0.39 is 0 Å². The fourth-order valence-electron chi connectivity index (χ4n) is 3.32. The highest BCUT2D eigenvalue weighted by molar-refractivity contribution is 5.95. The van der Waals surface area contributed by atoms with Crippen LogP contribution in [-0.2, 0) is 11.2 Å². The Hall–Kier alpha value is -3.87. The molecule has 0 fully saturated rings. The molecule has 4 aromatic rings. The van der Waals surface area contributed by atoms with Crippen molar-refractivity contribution in [3.63, 3.8) is 0 Å². The Kier molecular flexibility index (Phi) is 6.35. The fourth-order valence-corrected chi connectivity index (χ4v) is 3.32. The van der Waals surface area contributed by atoms with E-state index in [1.54, 1.807) is 4.80 Å². The Morgan fingerprint density at radius 1 is 0.906 bits per heavy atom. The van der Waals surface area contributed by atoms with E-state index in [2.05, 4.69) is 22.4 Å². The van der Waals surface area contributed by atoms with Crippen LogP contribution in [0.5, 0.6) is 11.5 Å². The molecule has 4 rings (SSSR count). The van der Waals surface area contributed by atoms with Gasteiger partial charge >= 0.3 is 0 Å². The van der Waals surface area contributed by atoms with Crippen LogP contribution < -0.4 is 14.8 Å². The highest BCUT2D eigenvalue weighted by atomic mass is 16.5. The predicted octanol–water partition coefficient (Wildman–Crippen LogP) is 4.71. The van der Waals surface area contributed by atoms with E-state index in [4.69, 9.17) is 9.47 Å². The number of amides is 1. The molecular formula is C25H26N4O3. The normalized spacial score (nSPS) is 10.8. The summed E-state index contributed by atoms with van der Waals surface area (Å²) >= 11 is 0. The van der Waals surface area contributed by atoms with Gasteiger partial charge in [0.2, 0.25) is 0 Å². The van der Waals surface area contributed by atoms with E-state index in [0.29, 0.717) is 23.6 Å². The lowest BCUT2D eigenvalue weighted by Gasteiger charge is -2.10. The Morgan fingerprint density at radius 3 is 2.19 bits per heavy atom. The third kappa shape index (κ3) is 4.88. The second-order valence-corrected chi connectivity index (χ2v) is 7.41. The van der Waals surface area contributed by atoms with Gasteiger partial charge in [0.1, 0.15) is 22.5 Å². The average molecular weight is 431 g/mol. The van der Waals surface area contributed by atoms with Gasteiger partial charge in [0.25, 0.3) is 5.91 Å². The average Bonchev–Trinajstić information content (AvgIpc) is 3.21. The van der Waals surface area contributed by atoms with Crippen LogP contribution >= 0.6 is 0 Å². The summed E-state index contributed by atoms with van der Waals surface area (Å²) < 4.78 is 11.1. The number of carbonyl (C=O) groups is 1. The van der Waals surface area contributed by atoms with Crippen molar-refractivity contribution in [2.24, 2.45) is 0 Å². The van der Waals surface area contributed by atoms with E-state index in [1.165, 1.54) is 5.56 Å². The zero-order valence-electron chi connectivity index (χ0n) is 18.5. The molecule has 0 saturated heterocycles. The summed E-state index contributed by atoms with van der Waals surface area (Å²) in [6.07, 6.45) is 0.964. The van der Waals surface area contributed by atoms with Crippen LogP contribution in [0.25, 0.3) is 16.7 Å². The van der Waals surface area contributed by atoms with Gasteiger partial charge in [0, 0.05) is 5.69 Å². The molecule has 0 spiro atoms. The van der Waals surface area contributed by atoms with Crippen molar-refractivity contribution in [2.75, 3.05) is 18.5 Å². The SMILES string of the molecule is CCOc1ccc(-n2nc3cc(C)c(NC(=O)COc4ccc(CC)cc4)cc3n2)cc1. The van der Waals surface area contributed by atoms with Gasteiger partial charge in [0.05, 0.1) is 12.3 Å². The minimum absolute atomic E-state index is 0.0676. The molecule has 0 bridgehead atoms. The molecule has 1 amide bonds. The van der Waals surface area contributed by atoms with Gasteiger partial charge in [-0.25, -0.2) is 0 Å². The Morgan fingerprint density at radius 2 is 1.53 bits per heavy atom. The monoisotopic (exact) mass is 430 g/mol. The molecule has 1 aromatic heterocycles. The standard InChI is InChI=1S/C25H26N4O3/c1-4-18-6-10-21(11-7-18)32-16-25(30)26-22-15-24-23(14-17(22)3)27-29(28-24)19-8-12-20(13-9-19)31-5-2/h6-15H,4-5,16H2,1-3H3,(H,26,30). The minimum Gasteiger partial charge on any atom is -0.494 e. The topological polar surface area (TPSA) is 78.3 Å². The summed E-state index contributed by atoms with van der Waals surface area (Å²) in [6.45, 7) is 6.52. The van der Waals surface area contributed by atoms with Crippen LogP contribution in [0.1, 0.15) is 25.0 Å². The van der Waals surface area contributed by atoms with Gasteiger partial charge in [-0.05, 0) is 79.9 Å². The second-order valence-electron chi connectivity index (χ2n) is 7.41. The zero-order valence-corrected chi connectivity index (χ0v) is 18.5. The van der Waals surface area contributed by atoms with Crippen molar-refractivity contribution in [1.82, 2.24) is 15.0 Å². The number of rotatable bonds is 8. The number of aryl methyl sites for hydroxylation is 2. The largest absolute Gasteiger partial charge is 0.494 e. The first-order valence-corrected chi connectivity index (χ1v) is 10.7. The number of hydrogen-bond donors (Lipinski definition) is 1. The molecule has 0 saturated carbocycles. The summed E-state index contributed by atoms with van der Waals surface area (Å²) in [5, 5.41) is 12.0. The van der Waals surface area contributed by atoms with Crippen LogP contribution in [0.3, 0.4) is 0 Å². The maximum absolute atomic E-state index is 12.4. The van der Waals surface area contributed by atoms with E-state index >= 15 is 0 Å². The molecule has 0 atom stereocenters. The third-order valence-electron chi connectivity index (χ3n) is 5.08. The Balaban J connectivity index is 1.45. The summed E-state index contributed by atoms with van der Waals surface area (Å²) in [6, 6.07) is 19.1. The number of benzene rings is 3. The number of fused-ring (bicyclic) bond motifs is 1. The molecule has 0 aliphatic carbocycles. The van der Waals surface area contributed by atoms with Crippen molar-refractivity contribution in [2.45, 2.75) is 27.2 Å². The minimum atomic E-state index is -0.231. The number of ether oxygens (including phenoxy) is 2. The van der Waals surface area contributed by atoms with Crippen LogP contribution in [0.15, 0.2) is 60.7 Å². The quantitative estimate of drug-likeness (QED) is 0.438. The summed E-state index contributed by atoms with van der Waals surface area (Å²) in [5.74, 6) is 1.24. The number of nitrogens with one attached hydrogen (secondary N) is 1. The van der Waals surface area contributed by atoms with Gasteiger partial charge in [0.15, 0.2) is 6.61 Å². The number of anilines is 1. The highest BCUT2D eigenvalue weighted by Gasteiger charge is 2.11. The molecule has 0 aliphatic heterocycles. The molecule has 0 aliphatic rings. The number of aromatic nitrogens is 3. The Bertz CT molecular complexity index is 1210. The fraction of sp³-hybridized carbons (Fsp3) is 0.240. The van der Waals surface area contributed by atoms with E-state index in [-0.39, 0.29) is 12.5 Å². The van der Waals surface area contributed by atoms with Crippen molar-refractivity contribution in [3.05, 3.63) is 71.8 Å². The first-order chi connectivity index (χ1) is 15.6. The van der Waals surface area contributed by atoms with Gasteiger partial charge < -0.3 is 14.8 Å². The van der Waals surface area contributed by atoms with Crippen LogP contribution in [0, 0.1) is 6.92 Å². The molecule has 1 N–H and O–H groups in total. The highest BCUT2D eigenvalue weighted by Crippen LogP contribution is 2.23. The number of hydrogen-bond acceptors (Lipinski definition) is 5. The van der Waals surface area contributed by atoms with Crippen LogP contribution in [0.2, 0.25) is 0 Å². The predicted molar refractivity (Wildman–Crippen MR) is 125 cm³/mol. The summed E-state index contributed by atoms with van der Waals surface area (Å²) in [5.41, 5.74) is 5.08. The summed E-state index contributed by atoms with van der Waals surface area (Å²) in [4.78, 5) is 14.0. The first-order valence-electron chi connectivity index (χ1n) is 10.7. The maximum atomic E-state index is 12.4. The second kappa shape index (κ2) is 9.51. The lowest BCUT2D eigenvalue weighted by molar-refractivity contribution is -0.118. The first kappa shape index (κ1) is 21.4. The van der Waals surface area contributed by atoms with Gasteiger partial charge in [-0.3, -0.25) is 4.79 Å². The van der Waals surface area contributed by atoms with E-state index in [1.807, 2.05) is 74.5 Å². The lowest BCUT2D eigenvalue weighted by atomic mass is 10.1.